The third-order valence-corrected chi connectivity index (χ3v) is 3.27. The van der Waals surface area contributed by atoms with Crippen molar-refractivity contribution in [3.63, 3.8) is 0 Å². The van der Waals surface area contributed by atoms with Crippen LogP contribution in [0.3, 0.4) is 0 Å². The molecule has 0 aromatic carbocycles. The van der Waals surface area contributed by atoms with Crippen molar-refractivity contribution in [2.45, 2.75) is 31.8 Å². The number of likely N-dealkylation sites (tertiary alicyclic amines) is 1. The van der Waals surface area contributed by atoms with Crippen molar-refractivity contribution in [2.75, 3.05) is 27.2 Å². The smallest absolute Gasteiger partial charge is 0.325 e. The number of nitrogens with one attached hydrogen (secondary N) is 1. The van der Waals surface area contributed by atoms with Gasteiger partial charge in [-0.1, -0.05) is 0 Å². The number of urea groups is 1. The van der Waals surface area contributed by atoms with E-state index in [1.54, 1.807) is 11.9 Å². The van der Waals surface area contributed by atoms with E-state index in [-0.39, 0.29) is 12.1 Å². The fourth-order valence-electron chi connectivity index (χ4n) is 1.90. The number of amides is 2. The Labute approximate surface area is 102 Å². The summed E-state index contributed by atoms with van der Waals surface area (Å²) >= 11 is 0. The Balaban J connectivity index is 2.43. The van der Waals surface area contributed by atoms with Gasteiger partial charge in [-0.2, -0.15) is 0 Å². The van der Waals surface area contributed by atoms with Crippen molar-refractivity contribution in [3.8, 4) is 0 Å². The van der Waals surface area contributed by atoms with Crippen LogP contribution in [-0.2, 0) is 4.79 Å². The van der Waals surface area contributed by atoms with E-state index in [4.69, 9.17) is 5.11 Å². The van der Waals surface area contributed by atoms with Crippen molar-refractivity contribution in [1.29, 1.82) is 0 Å². The van der Waals surface area contributed by atoms with Crippen LogP contribution >= 0.6 is 0 Å². The number of hydrogen-bond acceptors (Lipinski definition) is 3. The van der Waals surface area contributed by atoms with Gasteiger partial charge in [-0.05, 0) is 39.9 Å². The van der Waals surface area contributed by atoms with Gasteiger partial charge in [-0.3, -0.25) is 4.79 Å². The van der Waals surface area contributed by atoms with Gasteiger partial charge in [-0.25, -0.2) is 4.79 Å². The molecule has 17 heavy (non-hydrogen) atoms. The van der Waals surface area contributed by atoms with E-state index >= 15 is 0 Å². The summed E-state index contributed by atoms with van der Waals surface area (Å²) in [6, 6.07) is -0.960. The van der Waals surface area contributed by atoms with E-state index in [1.165, 1.54) is 6.92 Å². The number of carboxylic acid groups (broad SMARTS) is 1. The summed E-state index contributed by atoms with van der Waals surface area (Å²) in [5.74, 6) is -1.02. The molecule has 1 rings (SSSR count). The highest BCUT2D eigenvalue weighted by Crippen LogP contribution is 2.14. The van der Waals surface area contributed by atoms with Crippen LogP contribution in [0.5, 0.6) is 0 Å². The first-order valence-electron chi connectivity index (χ1n) is 5.86. The van der Waals surface area contributed by atoms with E-state index in [9.17, 15) is 9.59 Å². The van der Waals surface area contributed by atoms with E-state index in [0.29, 0.717) is 0 Å². The quantitative estimate of drug-likeness (QED) is 0.742. The third-order valence-electron chi connectivity index (χ3n) is 3.27. The molecule has 1 saturated heterocycles. The second kappa shape index (κ2) is 5.86. The zero-order valence-corrected chi connectivity index (χ0v) is 10.6. The summed E-state index contributed by atoms with van der Waals surface area (Å²) < 4.78 is 0. The van der Waals surface area contributed by atoms with Gasteiger partial charge in [0, 0.05) is 13.1 Å². The summed E-state index contributed by atoms with van der Waals surface area (Å²) in [5.41, 5.74) is 0. The van der Waals surface area contributed by atoms with Crippen molar-refractivity contribution < 1.29 is 14.7 Å². The number of aliphatic carboxylic acids is 1. The Bertz CT molecular complexity index is 288. The predicted molar refractivity (Wildman–Crippen MR) is 63.9 cm³/mol. The number of carboxylic acids is 1. The number of hydrogen-bond donors (Lipinski definition) is 2. The lowest BCUT2D eigenvalue weighted by molar-refractivity contribution is -0.138. The molecule has 6 heteroatoms. The molecular formula is C11H21N3O3. The molecule has 0 saturated carbocycles. The summed E-state index contributed by atoms with van der Waals surface area (Å²) in [5, 5.41) is 11.2. The Morgan fingerprint density at radius 1 is 1.41 bits per heavy atom. The van der Waals surface area contributed by atoms with Crippen LogP contribution < -0.4 is 5.32 Å². The first kappa shape index (κ1) is 13.8. The molecule has 0 bridgehead atoms. The fraction of sp³-hybridized carbons (Fsp3) is 0.818. The lowest BCUT2D eigenvalue weighted by Crippen LogP contribution is -2.51. The second-order valence-corrected chi connectivity index (χ2v) is 4.65. The predicted octanol–water partition coefficient (Wildman–Crippen LogP) is 0.195. The lowest BCUT2D eigenvalue weighted by atomic mass is 10.0. The third kappa shape index (κ3) is 3.89. The van der Waals surface area contributed by atoms with E-state index < -0.39 is 12.0 Å². The van der Waals surface area contributed by atoms with Gasteiger partial charge < -0.3 is 20.2 Å². The first-order valence-corrected chi connectivity index (χ1v) is 5.86. The summed E-state index contributed by atoms with van der Waals surface area (Å²) in [6.45, 7) is 3.40. The summed E-state index contributed by atoms with van der Waals surface area (Å²) in [7, 11) is 3.78. The average molecular weight is 243 g/mol. The Morgan fingerprint density at radius 2 is 1.94 bits per heavy atom. The molecule has 0 unspecified atom stereocenters. The fourth-order valence-corrected chi connectivity index (χ4v) is 1.90. The lowest BCUT2D eigenvalue weighted by Gasteiger charge is -2.35. The molecule has 1 aliphatic heterocycles. The average Bonchev–Trinajstić information content (AvgIpc) is 2.28. The molecule has 2 amide bonds. The van der Waals surface area contributed by atoms with E-state index in [1.807, 2.05) is 0 Å². The molecule has 1 heterocycles. The number of nitrogens with zero attached hydrogens (tertiary/aromatic N) is 2. The molecule has 1 fully saturated rings. The van der Waals surface area contributed by atoms with Gasteiger partial charge in [0.1, 0.15) is 6.04 Å². The van der Waals surface area contributed by atoms with Gasteiger partial charge in [0.2, 0.25) is 0 Å². The SMILES string of the molecule is C[C@H](NC(=O)N(C)C1CCN(C)CC1)C(=O)O. The molecule has 1 atom stereocenters. The van der Waals surface area contributed by atoms with Crippen molar-refractivity contribution in [2.24, 2.45) is 0 Å². The summed E-state index contributed by atoms with van der Waals surface area (Å²) in [6.07, 6.45) is 1.86. The molecule has 0 aromatic heterocycles. The maximum atomic E-state index is 11.8. The minimum atomic E-state index is -1.02. The molecular weight excluding hydrogens is 222 g/mol. The van der Waals surface area contributed by atoms with Crippen LogP contribution in [0.4, 0.5) is 4.79 Å². The molecule has 0 aromatic rings. The standard InChI is InChI=1S/C11H21N3O3/c1-8(10(15)16)12-11(17)14(3)9-4-6-13(2)7-5-9/h8-9H,4-7H2,1-3H3,(H,12,17)(H,15,16)/t8-/m0/s1. The van der Waals surface area contributed by atoms with Crippen molar-refractivity contribution in [1.82, 2.24) is 15.1 Å². The number of carbonyl (C=O) groups is 2. The molecule has 98 valence electrons. The van der Waals surface area contributed by atoms with Gasteiger partial charge >= 0.3 is 12.0 Å². The maximum absolute atomic E-state index is 11.8. The second-order valence-electron chi connectivity index (χ2n) is 4.65. The maximum Gasteiger partial charge on any atom is 0.325 e. The zero-order chi connectivity index (χ0) is 13.0. The topological polar surface area (TPSA) is 72.9 Å². The van der Waals surface area contributed by atoms with Gasteiger partial charge in [0.05, 0.1) is 0 Å². The molecule has 2 N–H and O–H groups in total. The number of carbonyl (C=O) groups excluding carboxylic acids is 1. The normalized spacial score (nSPS) is 19.7. The molecule has 0 radical (unpaired) electrons. The minimum Gasteiger partial charge on any atom is -0.480 e. The highest BCUT2D eigenvalue weighted by Gasteiger charge is 2.25. The van der Waals surface area contributed by atoms with Gasteiger partial charge in [0.15, 0.2) is 0 Å². The van der Waals surface area contributed by atoms with Crippen molar-refractivity contribution >= 4 is 12.0 Å². The number of piperidine rings is 1. The molecule has 0 aliphatic carbocycles. The summed E-state index contributed by atoms with van der Waals surface area (Å²) in [4.78, 5) is 26.3. The Hall–Kier alpha value is -1.30. The van der Waals surface area contributed by atoms with Crippen molar-refractivity contribution in [3.05, 3.63) is 0 Å². The first-order chi connectivity index (χ1) is 7.91. The monoisotopic (exact) mass is 243 g/mol. The number of rotatable bonds is 3. The van der Waals surface area contributed by atoms with Crippen LogP contribution in [0, 0.1) is 0 Å². The molecule has 1 aliphatic rings. The van der Waals surface area contributed by atoms with E-state index in [2.05, 4.69) is 17.3 Å². The minimum absolute atomic E-state index is 0.201. The highest BCUT2D eigenvalue weighted by molar-refractivity contribution is 5.82. The highest BCUT2D eigenvalue weighted by atomic mass is 16.4. The molecule has 6 nitrogen and oxygen atoms in total. The van der Waals surface area contributed by atoms with Crippen LogP contribution in [0.1, 0.15) is 19.8 Å². The largest absolute Gasteiger partial charge is 0.480 e. The van der Waals surface area contributed by atoms with Gasteiger partial charge in [-0.15, -0.1) is 0 Å². The Kier molecular flexibility index (Phi) is 4.74. The van der Waals surface area contributed by atoms with Crippen LogP contribution in [-0.4, -0.2) is 66.2 Å². The van der Waals surface area contributed by atoms with E-state index in [0.717, 1.165) is 25.9 Å². The zero-order valence-electron chi connectivity index (χ0n) is 10.6. The van der Waals surface area contributed by atoms with Crippen LogP contribution in [0.2, 0.25) is 0 Å². The van der Waals surface area contributed by atoms with Crippen LogP contribution in [0.15, 0.2) is 0 Å². The Morgan fingerprint density at radius 3 is 2.41 bits per heavy atom. The molecule has 0 spiro atoms. The van der Waals surface area contributed by atoms with Crippen LogP contribution in [0.25, 0.3) is 0 Å². The van der Waals surface area contributed by atoms with Gasteiger partial charge in [0.25, 0.3) is 0 Å².